The quantitative estimate of drug-likeness (QED) is 0.579. The molecule has 0 saturated heterocycles. The summed E-state index contributed by atoms with van der Waals surface area (Å²) in [6.07, 6.45) is 3.03. The Kier molecular flexibility index (Phi) is 28.0. The number of carbonyl (C=O) groups excluding carboxylic acids is 2. The third kappa shape index (κ3) is 38.6. The van der Waals surface area contributed by atoms with Gasteiger partial charge in [-0.25, -0.2) is 0 Å². The molecule has 0 unspecified atom stereocenters. The fraction of sp³-hybridized carbons (Fsp3) is 0.600. The van der Waals surface area contributed by atoms with Gasteiger partial charge in [0.15, 0.2) is 0 Å². The first-order chi connectivity index (χ1) is 5.40. The van der Waals surface area contributed by atoms with E-state index >= 15 is 0 Å². The van der Waals surface area contributed by atoms with Crippen LogP contribution >= 0.6 is 0 Å². The van der Waals surface area contributed by atoms with Crippen molar-refractivity contribution in [2.75, 3.05) is 0 Å². The van der Waals surface area contributed by atoms with Crippen molar-refractivity contribution in [1.82, 2.24) is 0 Å². The van der Waals surface area contributed by atoms with E-state index in [4.69, 9.17) is 0 Å². The van der Waals surface area contributed by atoms with Crippen LogP contribution in [0, 0.1) is 6.08 Å². The summed E-state index contributed by atoms with van der Waals surface area (Å²) in [7, 11) is 0. The fourth-order valence-corrected chi connectivity index (χ4v) is 0.351. The first kappa shape index (κ1) is 24.1. The van der Waals surface area contributed by atoms with Gasteiger partial charge in [0.05, 0.1) is 6.42 Å². The minimum atomic E-state index is -0.0625. The molecule has 0 atom stereocenters. The second-order valence-corrected chi connectivity index (χ2v) is 2.83. The summed E-state index contributed by atoms with van der Waals surface area (Å²) in [6, 6.07) is 0. The standard InChI is InChI=1S/C5H8O2.C5H9.V.Y/c1-4(6)3-5(2)7;1-4-5(2)3;;/h3H2,1-2H3;1-3H3;;/q;-1;;. The van der Waals surface area contributed by atoms with E-state index in [0.29, 0.717) is 0 Å². The Hall–Kier alpha value is 0.768. The zero-order chi connectivity index (χ0) is 10.1. The molecule has 0 aliphatic rings. The van der Waals surface area contributed by atoms with Gasteiger partial charge in [0.25, 0.3) is 0 Å². The molecule has 0 aliphatic carbocycles. The Morgan fingerprint density at radius 1 is 1.00 bits per heavy atom. The fourth-order valence-electron chi connectivity index (χ4n) is 0.351. The van der Waals surface area contributed by atoms with Crippen LogP contribution in [0.25, 0.3) is 0 Å². The smallest absolute Gasteiger partial charge is 0.137 e. The zero-order valence-electron chi connectivity index (χ0n) is 9.55. The van der Waals surface area contributed by atoms with E-state index in [1.54, 1.807) is 0 Å². The van der Waals surface area contributed by atoms with E-state index in [1.807, 2.05) is 20.8 Å². The molecule has 0 aromatic rings. The molecule has 0 aliphatic heterocycles. The first-order valence-corrected chi connectivity index (χ1v) is 3.87. The van der Waals surface area contributed by atoms with E-state index in [1.165, 1.54) is 19.4 Å². The predicted octanol–water partition coefficient (Wildman–Crippen LogP) is 2.33. The Morgan fingerprint density at radius 3 is 1.21 bits per heavy atom. The molecule has 0 aromatic carbocycles. The SMILES string of the molecule is CC(=O)CC(C)=O.C[C-]=C(C)C.[V].[Y]. The van der Waals surface area contributed by atoms with Crippen LogP contribution in [0.5, 0.6) is 0 Å². The van der Waals surface area contributed by atoms with E-state index in [2.05, 4.69) is 6.08 Å². The van der Waals surface area contributed by atoms with E-state index in [9.17, 15) is 9.59 Å². The van der Waals surface area contributed by atoms with Crippen LogP contribution in [-0.2, 0) is 60.9 Å². The molecule has 78 valence electrons. The van der Waals surface area contributed by atoms with E-state index in [-0.39, 0.29) is 69.3 Å². The molecule has 2 radical (unpaired) electrons. The largest absolute Gasteiger partial charge is 0.501 e. The molecule has 0 bridgehead atoms. The van der Waals surface area contributed by atoms with Crippen molar-refractivity contribution >= 4 is 11.6 Å². The van der Waals surface area contributed by atoms with Crippen LogP contribution in [0.15, 0.2) is 5.57 Å². The Bertz CT molecular complexity index is 173. The van der Waals surface area contributed by atoms with Crippen molar-refractivity contribution in [2.45, 2.75) is 41.0 Å². The molecule has 0 fully saturated rings. The number of Topliss-reactive ketones (excluding diaryl/α,β-unsaturated/α-hetero) is 2. The summed E-state index contributed by atoms with van der Waals surface area (Å²) in [5, 5.41) is 0. The average Bonchev–Trinajstić information content (AvgIpc) is 1.85. The molecule has 14 heavy (non-hydrogen) atoms. The van der Waals surface area contributed by atoms with Crippen LogP contribution in [-0.4, -0.2) is 11.6 Å². The van der Waals surface area contributed by atoms with Crippen molar-refractivity contribution < 1.29 is 60.9 Å². The minimum Gasteiger partial charge on any atom is -0.501 e. The van der Waals surface area contributed by atoms with Crippen LogP contribution in [0.3, 0.4) is 0 Å². The van der Waals surface area contributed by atoms with Gasteiger partial charge in [-0.1, -0.05) is 13.8 Å². The second-order valence-electron chi connectivity index (χ2n) is 2.83. The second kappa shape index (κ2) is 16.2. The average molecular weight is 309 g/mol. The summed E-state index contributed by atoms with van der Waals surface area (Å²) in [4.78, 5) is 20.1. The molecule has 0 saturated carbocycles. The van der Waals surface area contributed by atoms with Crippen molar-refractivity contribution in [2.24, 2.45) is 0 Å². The summed E-state index contributed by atoms with van der Waals surface area (Å²) in [5.74, 6) is -0.125. The number of ketones is 2. The Balaban J connectivity index is -0.0000000651. The predicted molar refractivity (Wildman–Crippen MR) is 49.8 cm³/mol. The molecule has 2 nitrogen and oxygen atoms in total. The minimum absolute atomic E-state index is 0. The molecule has 0 heterocycles. The van der Waals surface area contributed by atoms with Gasteiger partial charge >= 0.3 is 0 Å². The molecular formula is C10H17O2VY-. The summed E-state index contributed by atoms with van der Waals surface area (Å²) in [6.45, 7) is 8.78. The number of rotatable bonds is 2. The third-order valence-corrected chi connectivity index (χ3v) is 0.998. The number of hydrogen-bond acceptors (Lipinski definition) is 2. The van der Waals surface area contributed by atoms with Gasteiger partial charge in [0.1, 0.15) is 11.6 Å². The van der Waals surface area contributed by atoms with Gasteiger partial charge in [-0.05, 0) is 13.8 Å². The summed E-state index contributed by atoms with van der Waals surface area (Å²) in [5.41, 5.74) is 1.25. The van der Waals surface area contributed by atoms with Crippen LogP contribution in [0.2, 0.25) is 0 Å². The van der Waals surface area contributed by atoms with Crippen molar-refractivity contribution in [3.8, 4) is 0 Å². The first-order valence-electron chi connectivity index (χ1n) is 3.87. The molecule has 0 spiro atoms. The molecule has 0 N–H and O–H groups in total. The molecule has 0 aromatic heterocycles. The Morgan fingerprint density at radius 2 is 1.21 bits per heavy atom. The molecule has 4 heteroatoms. The van der Waals surface area contributed by atoms with Crippen LogP contribution in [0.1, 0.15) is 41.0 Å². The molecule has 0 amide bonds. The summed E-state index contributed by atoms with van der Waals surface area (Å²) < 4.78 is 0. The van der Waals surface area contributed by atoms with Crippen LogP contribution < -0.4 is 0 Å². The number of allylic oxidation sites excluding steroid dienone is 2. The van der Waals surface area contributed by atoms with Gasteiger partial charge in [-0.15, -0.1) is 0 Å². The van der Waals surface area contributed by atoms with Gasteiger partial charge < -0.3 is 6.08 Å². The number of carbonyl (C=O) groups is 2. The molecular weight excluding hydrogens is 292 g/mol. The topological polar surface area (TPSA) is 34.1 Å². The van der Waals surface area contributed by atoms with Gasteiger partial charge in [0, 0.05) is 51.3 Å². The third-order valence-electron chi connectivity index (χ3n) is 0.998. The Labute approximate surface area is 124 Å². The van der Waals surface area contributed by atoms with Crippen molar-refractivity contribution in [3.05, 3.63) is 11.6 Å². The van der Waals surface area contributed by atoms with Crippen LogP contribution in [0.4, 0.5) is 0 Å². The van der Waals surface area contributed by atoms with Crippen molar-refractivity contribution in [3.63, 3.8) is 0 Å². The number of hydrogen-bond donors (Lipinski definition) is 0. The maximum atomic E-state index is 10.0. The maximum absolute atomic E-state index is 10.0. The maximum Gasteiger partial charge on any atom is 0.137 e. The van der Waals surface area contributed by atoms with E-state index in [0.717, 1.165) is 0 Å². The zero-order valence-corrected chi connectivity index (χ0v) is 13.8. The van der Waals surface area contributed by atoms with Gasteiger partial charge in [-0.2, -0.15) is 6.92 Å². The van der Waals surface area contributed by atoms with Gasteiger partial charge in [-0.3, -0.25) is 15.2 Å². The van der Waals surface area contributed by atoms with Crippen molar-refractivity contribution in [1.29, 1.82) is 0 Å². The summed E-state index contributed by atoms with van der Waals surface area (Å²) >= 11 is 0. The van der Waals surface area contributed by atoms with E-state index < -0.39 is 0 Å². The normalized spacial score (nSPS) is 6.64. The molecule has 0 rings (SSSR count). The van der Waals surface area contributed by atoms with Gasteiger partial charge in [0.2, 0.25) is 0 Å². The monoisotopic (exact) mass is 309 g/mol.